The molecule has 0 saturated carbocycles. The van der Waals surface area contributed by atoms with Crippen LogP contribution in [0.25, 0.3) is 0 Å². The number of halogens is 4. The Labute approximate surface area is 115 Å². The number of hydrogen-bond acceptors (Lipinski definition) is 5. The van der Waals surface area contributed by atoms with Crippen LogP contribution < -0.4 is 22.5 Å². The molecule has 0 aliphatic rings. The Balaban J connectivity index is 3.03. The van der Waals surface area contributed by atoms with E-state index in [0.717, 1.165) is 0 Å². The number of rotatable bonds is 3. The summed E-state index contributed by atoms with van der Waals surface area (Å²) in [6, 6.07) is 0. The van der Waals surface area contributed by atoms with Crippen LogP contribution in [-0.2, 0) is 0 Å². The number of guanidine groups is 1. The summed E-state index contributed by atoms with van der Waals surface area (Å²) in [6.07, 6.45) is -4.48. The van der Waals surface area contributed by atoms with Crippen LogP contribution in [0.3, 0.4) is 0 Å². The molecule has 0 atom stereocenters. The van der Waals surface area contributed by atoms with Crippen LogP contribution in [-0.4, -0.2) is 34.6 Å². The van der Waals surface area contributed by atoms with Crippen molar-refractivity contribution >= 4 is 35.1 Å². The van der Waals surface area contributed by atoms with E-state index in [0.29, 0.717) is 0 Å². The van der Waals surface area contributed by atoms with Gasteiger partial charge in [-0.25, -0.2) is 9.97 Å². The molecule has 0 bridgehead atoms. The van der Waals surface area contributed by atoms with Gasteiger partial charge in [0.2, 0.25) is 0 Å². The lowest BCUT2D eigenvalue weighted by molar-refractivity contribution is -0.115. The fourth-order valence-corrected chi connectivity index (χ4v) is 1.25. The van der Waals surface area contributed by atoms with Gasteiger partial charge in [-0.3, -0.25) is 4.79 Å². The molecule has 20 heavy (non-hydrogen) atoms. The molecule has 0 fully saturated rings. The number of aromatic nitrogens is 2. The molecule has 0 unspecified atom stereocenters. The minimum atomic E-state index is -4.48. The van der Waals surface area contributed by atoms with Crippen molar-refractivity contribution in [3.63, 3.8) is 0 Å². The maximum atomic E-state index is 12.0. The van der Waals surface area contributed by atoms with Crippen molar-refractivity contribution in [3.8, 4) is 0 Å². The number of nitrogen functional groups attached to an aromatic ring is 1. The lowest BCUT2D eigenvalue weighted by Gasteiger charge is -2.11. The molecular weight excluding hydrogens is 303 g/mol. The van der Waals surface area contributed by atoms with Gasteiger partial charge in [0, 0.05) is 0 Å². The molecule has 0 aromatic carbocycles. The van der Waals surface area contributed by atoms with E-state index in [1.807, 2.05) is 5.32 Å². The van der Waals surface area contributed by atoms with Crippen molar-refractivity contribution in [1.82, 2.24) is 9.97 Å². The topological polar surface area (TPSA) is 145 Å². The van der Waals surface area contributed by atoms with Crippen molar-refractivity contribution < 1.29 is 18.0 Å². The first-order chi connectivity index (χ1) is 9.10. The largest absolute Gasteiger partial charge is 0.405 e. The second kappa shape index (κ2) is 5.77. The number of aliphatic imine (C=N–C) groups is 1. The SMILES string of the molecule is NC(N)=NC(=O)c1nc(Cl)c(NCC(F)(F)F)nc1N. The van der Waals surface area contributed by atoms with Gasteiger partial charge in [0.1, 0.15) is 6.54 Å². The van der Waals surface area contributed by atoms with Gasteiger partial charge in [-0.05, 0) is 0 Å². The van der Waals surface area contributed by atoms with Crippen LogP contribution in [0.15, 0.2) is 4.99 Å². The summed E-state index contributed by atoms with van der Waals surface area (Å²) in [5.41, 5.74) is 14.9. The van der Waals surface area contributed by atoms with Gasteiger partial charge >= 0.3 is 12.1 Å². The average Bonchev–Trinajstić information content (AvgIpc) is 2.27. The first-order valence-corrected chi connectivity index (χ1v) is 5.25. The molecule has 1 amide bonds. The molecular formula is C8H9ClF3N7O. The van der Waals surface area contributed by atoms with Crippen molar-refractivity contribution in [3.05, 3.63) is 10.8 Å². The molecule has 1 aromatic rings. The van der Waals surface area contributed by atoms with Crippen LogP contribution in [0.5, 0.6) is 0 Å². The Kier molecular flexibility index (Phi) is 4.55. The summed E-state index contributed by atoms with van der Waals surface area (Å²) < 4.78 is 36.1. The van der Waals surface area contributed by atoms with Gasteiger partial charge < -0.3 is 22.5 Å². The second-order valence-corrected chi connectivity index (χ2v) is 3.77. The van der Waals surface area contributed by atoms with Gasteiger partial charge in [-0.1, -0.05) is 11.6 Å². The molecule has 0 radical (unpaired) electrons. The highest BCUT2D eigenvalue weighted by molar-refractivity contribution is 6.32. The van der Waals surface area contributed by atoms with Crippen LogP contribution in [0.1, 0.15) is 10.5 Å². The Bertz CT molecular complexity index is 556. The fourth-order valence-electron chi connectivity index (χ4n) is 1.05. The van der Waals surface area contributed by atoms with Crippen molar-refractivity contribution in [2.45, 2.75) is 6.18 Å². The summed E-state index contributed by atoms with van der Waals surface area (Å²) in [4.78, 5) is 21.6. The molecule has 8 nitrogen and oxygen atoms in total. The van der Waals surface area contributed by atoms with Crippen molar-refractivity contribution in [2.75, 3.05) is 17.6 Å². The summed E-state index contributed by atoms with van der Waals surface area (Å²) in [5.74, 6) is -2.43. The highest BCUT2D eigenvalue weighted by Gasteiger charge is 2.28. The summed E-state index contributed by atoms with van der Waals surface area (Å²) in [6.45, 7) is -1.39. The zero-order chi connectivity index (χ0) is 15.5. The van der Waals surface area contributed by atoms with Crippen molar-refractivity contribution in [2.24, 2.45) is 16.5 Å². The number of nitrogens with two attached hydrogens (primary N) is 3. The fraction of sp³-hybridized carbons (Fsp3) is 0.250. The van der Waals surface area contributed by atoms with Gasteiger partial charge in [0.25, 0.3) is 0 Å². The van der Waals surface area contributed by atoms with E-state index in [2.05, 4.69) is 15.0 Å². The molecule has 0 spiro atoms. The number of anilines is 2. The van der Waals surface area contributed by atoms with E-state index >= 15 is 0 Å². The second-order valence-electron chi connectivity index (χ2n) is 3.41. The van der Waals surface area contributed by atoms with E-state index in [9.17, 15) is 18.0 Å². The molecule has 0 aliphatic carbocycles. The third-order valence-electron chi connectivity index (χ3n) is 1.77. The predicted octanol–water partition coefficient (Wildman–Crippen LogP) is 0.100. The highest BCUT2D eigenvalue weighted by atomic mass is 35.5. The number of amides is 1. The maximum Gasteiger partial charge on any atom is 0.405 e. The molecule has 110 valence electrons. The van der Waals surface area contributed by atoms with Crippen LogP contribution in [0.4, 0.5) is 24.8 Å². The van der Waals surface area contributed by atoms with Crippen LogP contribution in [0, 0.1) is 0 Å². The zero-order valence-electron chi connectivity index (χ0n) is 9.70. The average molecular weight is 312 g/mol. The smallest absolute Gasteiger partial charge is 0.382 e. The lowest BCUT2D eigenvalue weighted by Crippen LogP contribution is -2.25. The molecule has 0 saturated heterocycles. The summed E-state index contributed by atoms with van der Waals surface area (Å²) >= 11 is 5.59. The molecule has 0 aliphatic heterocycles. The Morgan fingerprint density at radius 1 is 1.35 bits per heavy atom. The normalized spacial score (nSPS) is 11.0. The number of alkyl halides is 3. The van der Waals surface area contributed by atoms with E-state index in [-0.39, 0.29) is 0 Å². The minimum absolute atomic E-state index is 0.414. The van der Waals surface area contributed by atoms with E-state index in [1.165, 1.54) is 0 Å². The predicted molar refractivity (Wildman–Crippen MR) is 66.1 cm³/mol. The number of carbonyl (C=O) groups is 1. The highest BCUT2D eigenvalue weighted by Crippen LogP contribution is 2.23. The first kappa shape index (κ1) is 15.8. The Morgan fingerprint density at radius 2 is 1.95 bits per heavy atom. The van der Waals surface area contributed by atoms with E-state index < -0.39 is 47.1 Å². The Hall–Kier alpha value is -2.30. The van der Waals surface area contributed by atoms with Gasteiger partial charge in [-0.15, -0.1) is 0 Å². The first-order valence-electron chi connectivity index (χ1n) is 4.87. The lowest BCUT2D eigenvalue weighted by atomic mass is 10.4. The summed E-state index contributed by atoms with van der Waals surface area (Å²) in [5, 5.41) is 1.42. The standard InChI is InChI=1S/C8H9ClF3N7O/c9-3-5(16-1-8(10,11)12)18-4(13)2(17-3)6(20)19-7(14)15/h1H2,(H3,13,16,18)(H4,14,15,19,20). The van der Waals surface area contributed by atoms with Crippen LogP contribution in [0.2, 0.25) is 5.15 Å². The van der Waals surface area contributed by atoms with E-state index in [4.69, 9.17) is 28.8 Å². The van der Waals surface area contributed by atoms with E-state index in [1.54, 1.807) is 0 Å². The monoisotopic (exact) mass is 311 g/mol. The molecule has 7 N–H and O–H groups in total. The maximum absolute atomic E-state index is 12.0. The minimum Gasteiger partial charge on any atom is -0.382 e. The number of carbonyl (C=O) groups excluding carboxylic acids is 1. The van der Waals surface area contributed by atoms with Gasteiger partial charge in [-0.2, -0.15) is 18.2 Å². The molecule has 1 aromatic heterocycles. The molecule has 1 heterocycles. The number of nitrogens with zero attached hydrogens (tertiary/aromatic N) is 3. The van der Waals surface area contributed by atoms with Gasteiger partial charge in [0.05, 0.1) is 0 Å². The Morgan fingerprint density at radius 3 is 2.45 bits per heavy atom. The summed E-state index contributed by atoms with van der Waals surface area (Å²) in [7, 11) is 0. The number of hydrogen-bond donors (Lipinski definition) is 4. The number of nitrogens with one attached hydrogen (secondary N) is 1. The zero-order valence-corrected chi connectivity index (χ0v) is 10.5. The molecule has 12 heteroatoms. The van der Waals surface area contributed by atoms with Crippen LogP contribution >= 0.6 is 11.6 Å². The quantitative estimate of drug-likeness (QED) is 0.457. The van der Waals surface area contributed by atoms with Gasteiger partial charge in [0.15, 0.2) is 28.4 Å². The third kappa shape index (κ3) is 4.42. The van der Waals surface area contributed by atoms with Crippen molar-refractivity contribution in [1.29, 1.82) is 0 Å². The molecule has 1 rings (SSSR count). The third-order valence-corrected chi connectivity index (χ3v) is 2.03.